The molecule has 0 aromatic heterocycles. The summed E-state index contributed by atoms with van der Waals surface area (Å²) in [6.45, 7) is 5.11. The summed E-state index contributed by atoms with van der Waals surface area (Å²) < 4.78 is 58.7. The summed E-state index contributed by atoms with van der Waals surface area (Å²) in [7, 11) is 0. The molecule has 7 nitrogen and oxygen atoms in total. The average Bonchev–Trinajstić information content (AvgIpc) is 3.37. The zero-order chi connectivity index (χ0) is 48.0. The van der Waals surface area contributed by atoms with E-state index >= 15 is 0 Å². The van der Waals surface area contributed by atoms with Gasteiger partial charge in [0.15, 0.2) is 28.9 Å². The van der Waals surface area contributed by atoms with Crippen LogP contribution in [0.15, 0.2) is 194 Å². The first-order chi connectivity index (χ1) is 33.6. The molecule has 0 bridgehead atoms. The first-order valence-corrected chi connectivity index (χ1v) is 22.5. The van der Waals surface area contributed by atoms with Crippen LogP contribution in [0, 0.1) is 25.5 Å². The van der Waals surface area contributed by atoms with Crippen LogP contribution in [0.2, 0.25) is 0 Å². The lowest BCUT2D eigenvalue weighted by Gasteiger charge is -2.24. The van der Waals surface area contributed by atoms with E-state index in [1.807, 2.05) is 166 Å². The van der Waals surface area contributed by atoms with Crippen LogP contribution in [0.4, 0.5) is 8.78 Å². The molecular weight excluding hydrogens is 871 g/mol. The van der Waals surface area contributed by atoms with E-state index in [-0.39, 0.29) is 41.8 Å². The van der Waals surface area contributed by atoms with E-state index in [1.165, 1.54) is 36.4 Å². The van der Waals surface area contributed by atoms with Gasteiger partial charge in [-0.25, -0.2) is 8.78 Å². The van der Waals surface area contributed by atoms with Gasteiger partial charge < -0.3 is 28.8 Å². The van der Waals surface area contributed by atoms with E-state index in [2.05, 4.69) is 0 Å². The zero-order valence-electron chi connectivity index (χ0n) is 38.2. The molecule has 1 heterocycles. The van der Waals surface area contributed by atoms with Crippen LogP contribution in [-0.4, -0.2) is 10.9 Å². The van der Waals surface area contributed by atoms with Gasteiger partial charge in [-0.3, -0.25) is 4.79 Å². The van der Waals surface area contributed by atoms with Crippen LogP contribution in [0.25, 0.3) is 12.2 Å². The summed E-state index contributed by atoms with van der Waals surface area (Å²) >= 11 is 0. The number of carbonyl (C=O) groups excluding carboxylic acids is 1. The minimum atomic E-state index is -0.527. The highest BCUT2D eigenvalue weighted by atomic mass is 19.1. The molecule has 1 unspecified atom stereocenters. The number of rotatable bonds is 16. The van der Waals surface area contributed by atoms with Crippen molar-refractivity contribution in [3.8, 4) is 34.5 Å². The normalized spacial score (nSPS) is 12.6. The van der Waals surface area contributed by atoms with E-state index in [1.54, 1.807) is 18.2 Å². The number of carbonyl (C=O) groups is 1. The van der Waals surface area contributed by atoms with Crippen molar-refractivity contribution in [3.05, 3.63) is 261 Å². The molecule has 0 amide bonds. The largest absolute Gasteiger partial charge is 0.507 e. The van der Waals surface area contributed by atoms with Gasteiger partial charge in [0.05, 0.1) is 5.56 Å². The average molecular weight is 921 g/mol. The summed E-state index contributed by atoms with van der Waals surface area (Å²) in [5.41, 5.74) is 7.92. The number of allylic oxidation sites excluding steroid dienone is 1. The molecule has 0 aliphatic carbocycles. The summed E-state index contributed by atoms with van der Waals surface area (Å²) in [6.07, 6.45) is 6.30. The predicted octanol–water partition coefficient (Wildman–Crippen LogP) is 14.3. The van der Waals surface area contributed by atoms with Gasteiger partial charge in [-0.05, 0) is 125 Å². The SMILES string of the molecule is Cc1cc(O)c(C(=O)/C=C/c2ccc(OCc3ccccc3)c(F)c2)c(OCc2ccccc2)c1.Cc1cc(OCc2ccccc2)c2c(c1)OC(c1ccc(OCc3ccccc3)c(F)c1)C=C2. The van der Waals surface area contributed by atoms with E-state index in [0.717, 1.165) is 56.0 Å². The second-order valence-electron chi connectivity index (χ2n) is 16.4. The Labute approximate surface area is 401 Å². The Morgan fingerprint density at radius 1 is 0.551 bits per heavy atom. The van der Waals surface area contributed by atoms with Crippen LogP contribution >= 0.6 is 0 Å². The van der Waals surface area contributed by atoms with Crippen LogP contribution in [0.1, 0.15) is 66.5 Å². The first-order valence-electron chi connectivity index (χ1n) is 22.5. The highest BCUT2D eigenvalue weighted by Crippen LogP contribution is 2.40. The predicted molar refractivity (Wildman–Crippen MR) is 266 cm³/mol. The Bertz CT molecular complexity index is 3050. The van der Waals surface area contributed by atoms with Gasteiger partial charge in [0.1, 0.15) is 61.1 Å². The van der Waals surface area contributed by atoms with Crippen LogP contribution < -0.4 is 23.7 Å². The van der Waals surface area contributed by atoms with Crippen molar-refractivity contribution in [2.45, 2.75) is 46.4 Å². The van der Waals surface area contributed by atoms with Crippen molar-refractivity contribution in [2.24, 2.45) is 0 Å². The van der Waals surface area contributed by atoms with Gasteiger partial charge in [0.2, 0.25) is 0 Å². The van der Waals surface area contributed by atoms with Crippen molar-refractivity contribution >= 4 is 17.9 Å². The number of aryl methyl sites for hydroxylation is 2. The van der Waals surface area contributed by atoms with Crippen molar-refractivity contribution in [1.29, 1.82) is 0 Å². The molecule has 346 valence electrons. The number of fused-ring (bicyclic) bond motifs is 1. The maximum Gasteiger partial charge on any atom is 0.193 e. The minimum Gasteiger partial charge on any atom is -0.507 e. The fourth-order valence-electron chi connectivity index (χ4n) is 7.49. The third kappa shape index (κ3) is 12.9. The summed E-state index contributed by atoms with van der Waals surface area (Å²) in [5.74, 6) is 0.578. The second-order valence-corrected chi connectivity index (χ2v) is 16.4. The number of ketones is 1. The molecule has 9 heteroatoms. The van der Waals surface area contributed by atoms with Crippen molar-refractivity contribution in [3.63, 3.8) is 0 Å². The number of hydrogen-bond donors (Lipinski definition) is 1. The van der Waals surface area contributed by atoms with Gasteiger partial charge in [0, 0.05) is 0 Å². The summed E-state index contributed by atoms with van der Waals surface area (Å²) in [6, 6.07) is 55.5. The van der Waals surface area contributed by atoms with Crippen LogP contribution in [0.5, 0.6) is 34.5 Å². The first kappa shape index (κ1) is 47.1. The number of aromatic hydroxyl groups is 1. The van der Waals surface area contributed by atoms with Gasteiger partial charge in [-0.2, -0.15) is 0 Å². The number of ether oxygens (including phenoxy) is 5. The van der Waals surface area contributed by atoms with E-state index in [9.17, 15) is 18.7 Å². The Hall–Kier alpha value is -8.43. The lowest BCUT2D eigenvalue weighted by atomic mass is 10.0. The van der Waals surface area contributed by atoms with Crippen LogP contribution in [-0.2, 0) is 26.4 Å². The minimum absolute atomic E-state index is 0.0612. The molecule has 9 rings (SSSR count). The molecule has 69 heavy (non-hydrogen) atoms. The van der Waals surface area contributed by atoms with Gasteiger partial charge in [-0.15, -0.1) is 0 Å². The fourth-order valence-corrected chi connectivity index (χ4v) is 7.49. The van der Waals surface area contributed by atoms with Gasteiger partial charge >= 0.3 is 0 Å². The molecule has 1 aliphatic rings. The molecule has 0 fully saturated rings. The maximum atomic E-state index is 14.8. The molecule has 0 radical (unpaired) electrons. The van der Waals surface area contributed by atoms with Crippen molar-refractivity contribution in [2.75, 3.05) is 0 Å². The Morgan fingerprint density at radius 2 is 1.01 bits per heavy atom. The van der Waals surface area contributed by atoms with Crippen molar-refractivity contribution in [1.82, 2.24) is 0 Å². The lowest BCUT2D eigenvalue weighted by Crippen LogP contribution is -2.11. The monoisotopic (exact) mass is 920 g/mol. The zero-order valence-corrected chi connectivity index (χ0v) is 38.2. The molecule has 1 atom stereocenters. The van der Waals surface area contributed by atoms with E-state index in [0.29, 0.717) is 18.8 Å². The Balaban J connectivity index is 0.000000186. The number of phenols is 1. The quantitative estimate of drug-likeness (QED) is 0.0763. The smallest absolute Gasteiger partial charge is 0.193 e. The molecule has 8 aromatic rings. The molecular formula is C60H50F2O7. The third-order valence-corrected chi connectivity index (χ3v) is 11.0. The van der Waals surface area contributed by atoms with Gasteiger partial charge in [0.25, 0.3) is 0 Å². The number of phenolic OH excluding ortho intramolecular Hbond substituents is 1. The summed E-state index contributed by atoms with van der Waals surface area (Å²) in [4.78, 5) is 12.9. The number of hydrogen-bond acceptors (Lipinski definition) is 7. The molecule has 0 saturated heterocycles. The standard InChI is InChI=1S/C30H25FO4.C30H25FO3/c1-21-16-27(33)30(29(17-21)35-20-24-10-6-3-7-11-24)26(32)14-12-22-13-15-28(25(31)18-22)34-19-23-8-4-2-5-9-23;1-21-16-29(33-20-23-10-6-3-7-11-23)25-13-15-27(34-30(25)17-21)24-12-14-28(26(31)18-24)32-19-22-8-4-2-5-9-22/h2-18,33H,19-20H2,1H3;2-18,27H,19-20H2,1H3/b14-12+;. The topological polar surface area (TPSA) is 83.5 Å². The van der Waals surface area contributed by atoms with E-state index in [4.69, 9.17) is 23.7 Å². The van der Waals surface area contributed by atoms with E-state index < -0.39 is 23.5 Å². The highest BCUT2D eigenvalue weighted by Gasteiger charge is 2.22. The lowest BCUT2D eigenvalue weighted by molar-refractivity contribution is 0.104. The molecule has 0 spiro atoms. The number of benzene rings is 8. The summed E-state index contributed by atoms with van der Waals surface area (Å²) in [5, 5.41) is 10.5. The number of halogens is 2. The maximum absolute atomic E-state index is 14.8. The molecule has 8 aromatic carbocycles. The molecule has 1 N–H and O–H groups in total. The fraction of sp³-hybridized carbons (Fsp3) is 0.117. The Morgan fingerprint density at radius 3 is 1.54 bits per heavy atom. The van der Waals surface area contributed by atoms with Crippen LogP contribution in [0.3, 0.4) is 0 Å². The molecule has 1 aliphatic heterocycles. The highest BCUT2D eigenvalue weighted by molar-refractivity contribution is 6.10. The Kier molecular flexibility index (Phi) is 15.6. The van der Waals surface area contributed by atoms with Gasteiger partial charge in [-0.1, -0.05) is 140 Å². The third-order valence-electron chi connectivity index (χ3n) is 11.0. The van der Waals surface area contributed by atoms with Crippen molar-refractivity contribution < 1.29 is 42.4 Å². The molecule has 0 saturated carbocycles. The second kappa shape index (κ2) is 22.8.